The first-order chi connectivity index (χ1) is 9.15. The zero-order valence-electron chi connectivity index (χ0n) is 10.3. The van der Waals surface area contributed by atoms with Gasteiger partial charge >= 0.3 is 0 Å². The van der Waals surface area contributed by atoms with E-state index in [9.17, 15) is 9.18 Å². The summed E-state index contributed by atoms with van der Waals surface area (Å²) in [7, 11) is 0. The molecule has 0 fully saturated rings. The normalized spacial score (nSPS) is 10.4. The topological polar surface area (TPSA) is 30.0 Å². The van der Waals surface area contributed by atoms with Gasteiger partial charge < -0.3 is 0 Å². The highest BCUT2D eigenvalue weighted by Crippen LogP contribution is 2.16. The molecule has 1 aromatic carbocycles. The van der Waals surface area contributed by atoms with Gasteiger partial charge in [-0.25, -0.2) is 4.39 Å². The van der Waals surface area contributed by atoms with Crippen molar-refractivity contribution < 1.29 is 9.18 Å². The maximum absolute atomic E-state index is 13.2. The lowest BCUT2D eigenvalue weighted by Crippen LogP contribution is -2.04. The van der Waals surface area contributed by atoms with Gasteiger partial charge in [0.05, 0.1) is 5.02 Å². The van der Waals surface area contributed by atoms with E-state index in [1.807, 2.05) is 12.1 Å². The Morgan fingerprint density at radius 2 is 1.89 bits per heavy atom. The van der Waals surface area contributed by atoms with E-state index in [-0.39, 0.29) is 17.2 Å². The number of benzene rings is 1. The Labute approximate surface area is 116 Å². The lowest BCUT2D eigenvalue weighted by atomic mass is 10.0. The van der Waals surface area contributed by atoms with E-state index in [0.717, 1.165) is 5.56 Å². The first-order valence-electron chi connectivity index (χ1n) is 5.99. The number of rotatable bonds is 5. The Hall–Kier alpha value is -1.74. The number of aromatic nitrogens is 1. The molecule has 1 aromatic heterocycles. The maximum atomic E-state index is 13.2. The summed E-state index contributed by atoms with van der Waals surface area (Å²) in [4.78, 5) is 15.7. The van der Waals surface area contributed by atoms with E-state index >= 15 is 0 Å². The monoisotopic (exact) mass is 277 g/mol. The lowest BCUT2D eigenvalue weighted by molar-refractivity contribution is -0.118. The molecule has 0 spiro atoms. The molecule has 0 atom stereocenters. The fourth-order valence-corrected chi connectivity index (χ4v) is 1.92. The van der Waals surface area contributed by atoms with Crippen LogP contribution in [-0.4, -0.2) is 10.8 Å². The Bertz CT molecular complexity index is 572. The van der Waals surface area contributed by atoms with Gasteiger partial charge in [-0.3, -0.25) is 9.78 Å². The van der Waals surface area contributed by atoms with Crippen LogP contribution in [0.2, 0.25) is 5.02 Å². The van der Waals surface area contributed by atoms with Gasteiger partial charge in [0.15, 0.2) is 0 Å². The predicted molar refractivity (Wildman–Crippen MR) is 72.7 cm³/mol. The second-order valence-electron chi connectivity index (χ2n) is 4.32. The minimum Gasteiger partial charge on any atom is -0.299 e. The lowest BCUT2D eigenvalue weighted by Gasteiger charge is -2.03. The minimum absolute atomic E-state index is 0.0768. The van der Waals surface area contributed by atoms with Crippen molar-refractivity contribution in [2.75, 3.05) is 0 Å². The van der Waals surface area contributed by atoms with Gasteiger partial charge in [0.1, 0.15) is 11.6 Å². The van der Waals surface area contributed by atoms with Gasteiger partial charge in [-0.1, -0.05) is 17.7 Å². The molecule has 4 heteroatoms. The van der Waals surface area contributed by atoms with Crippen LogP contribution in [0.5, 0.6) is 0 Å². The largest absolute Gasteiger partial charge is 0.299 e. The molecule has 2 aromatic rings. The molecule has 0 unspecified atom stereocenters. The van der Waals surface area contributed by atoms with Crippen molar-refractivity contribution in [2.45, 2.75) is 19.3 Å². The summed E-state index contributed by atoms with van der Waals surface area (Å²) >= 11 is 5.59. The number of hydrogen-bond donors (Lipinski definition) is 0. The van der Waals surface area contributed by atoms with E-state index in [1.54, 1.807) is 18.5 Å². The molecular formula is C15H13ClFNO. The molecule has 0 aliphatic carbocycles. The summed E-state index contributed by atoms with van der Waals surface area (Å²) in [5.41, 5.74) is 1.73. The van der Waals surface area contributed by atoms with Crippen LogP contribution in [0.1, 0.15) is 17.5 Å². The van der Waals surface area contributed by atoms with Crippen LogP contribution in [-0.2, 0) is 17.6 Å². The Kier molecular flexibility index (Phi) is 4.63. The van der Waals surface area contributed by atoms with E-state index < -0.39 is 5.82 Å². The Morgan fingerprint density at radius 1 is 1.16 bits per heavy atom. The SMILES string of the molecule is O=C(CCc1ccncc1)Cc1ccc(Cl)c(F)c1. The standard InChI is InChI=1S/C15H13ClFNO/c16-14-4-2-12(10-15(14)17)9-13(19)3-1-11-5-7-18-8-6-11/h2,4-8,10H,1,3,9H2. The first kappa shape index (κ1) is 13.7. The van der Waals surface area contributed by atoms with Crippen LogP contribution in [0.25, 0.3) is 0 Å². The van der Waals surface area contributed by atoms with Crippen LogP contribution >= 0.6 is 11.6 Å². The van der Waals surface area contributed by atoms with Gasteiger partial charge in [-0.2, -0.15) is 0 Å². The summed E-state index contributed by atoms with van der Waals surface area (Å²) in [6.07, 6.45) is 4.76. The average Bonchev–Trinajstić information content (AvgIpc) is 2.42. The zero-order chi connectivity index (χ0) is 13.7. The number of carbonyl (C=O) groups excluding carboxylic acids is 1. The van der Waals surface area contributed by atoms with Crippen molar-refractivity contribution in [3.05, 3.63) is 64.7 Å². The van der Waals surface area contributed by atoms with Crippen LogP contribution in [0.4, 0.5) is 4.39 Å². The molecule has 0 saturated carbocycles. The second-order valence-corrected chi connectivity index (χ2v) is 4.73. The number of carbonyl (C=O) groups is 1. The number of aryl methyl sites for hydroxylation is 1. The molecule has 0 aliphatic heterocycles. The highest BCUT2D eigenvalue weighted by molar-refractivity contribution is 6.30. The molecule has 19 heavy (non-hydrogen) atoms. The number of Topliss-reactive ketones (excluding diaryl/α,β-unsaturated/α-hetero) is 1. The molecule has 2 nitrogen and oxygen atoms in total. The Balaban J connectivity index is 1.89. The molecule has 1 heterocycles. The number of ketones is 1. The van der Waals surface area contributed by atoms with Crippen molar-refractivity contribution in [1.29, 1.82) is 0 Å². The first-order valence-corrected chi connectivity index (χ1v) is 6.37. The van der Waals surface area contributed by atoms with Gasteiger partial charge in [0.2, 0.25) is 0 Å². The van der Waals surface area contributed by atoms with E-state index in [2.05, 4.69) is 4.98 Å². The van der Waals surface area contributed by atoms with Crippen molar-refractivity contribution in [2.24, 2.45) is 0 Å². The van der Waals surface area contributed by atoms with Crippen LogP contribution in [0.15, 0.2) is 42.7 Å². The molecule has 0 saturated heterocycles. The van der Waals surface area contributed by atoms with Gasteiger partial charge in [0.25, 0.3) is 0 Å². The fourth-order valence-electron chi connectivity index (χ4n) is 1.80. The molecule has 98 valence electrons. The second kappa shape index (κ2) is 6.43. The van der Waals surface area contributed by atoms with E-state index in [4.69, 9.17) is 11.6 Å². The molecule has 0 N–H and O–H groups in total. The van der Waals surface area contributed by atoms with Gasteiger partial charge in [0, 0.05) is 25.2 Å². The van der Waals surface area contributed by atoms with Crippen LogP contribution < -0.4 is 0 Å². The molecule has 2 rings (SSSR count). The summed E-state index contributed by atoms with van der Waals surface area (Å²) < 4.78 is 13.2. The summed E-state index contributed by atoms with van der Waals surface area (Å²) in [6.45, 7) is 0. The van der Waals surface area contributed by atoms with E-state index in [0.29, 0.717) is 18.4 Å². The molecule has 0 bridgehead atoms. The van der Waals surface area contributed by atoms with Gasteiger partial charge in [-0.15, -0.1) is 0 Å². The third-order valence-electron chi connectivity index (χ3n) is 2.83. The van der Waals surface area contributed by atoms with Crippen molar-refractivity contribution in [3.8, 4) is 0 Å². The zero-order valence-corrected chi connectivity index (χ0v) is 11.0. The molecular weight excluding hydrogens is 265 g/mol. The fraction of sp³-hybridized carbons (Fsp3) is 0.200. The third kappa shape index (κ3) is 4.14. The summed E-state index contributed by atoms with van der Waals surface area (Å²) in [5, 5.41) is 0.0768. The van der Waals surface area contributed by atoms with E-state index in [1.165, 1.54) is 12.1 Å². The van der Waals surface area contributed by atoms with Crippen LogP contribution in [0.3, 0.4) is 0 Å². The molecule has 0 radical (unpaired) electrons. The Morgan fingerprint density at radius 3 is 2.58 bits per heavy atom. The third-order valence-corrected chi connectivity index (χ3v) is 3.13. The number of hydrogen-bond acceptors (Lipinski definition) is 2. The molecule has 0 amide bonds. The number of pyridine rings is 1. The van der Waals surface area contributed by atoms with Crippen molar-refractivity contribution >= 4 is 17.4 Å². The average molecular weight is 278 g/mol. The van der Waals surface area contributed by atoms with Crippen molar-refractivity contribution in [3.63, 3.8) is 0 Å². The summed E-state index contributed by atoms with van der Waals surface area (Å²) in [6, 6.07) is 8.23. The highest BCUT2D eigenvalue weighted by Gasteiger charge is 2.07. The minimum atomic E-state index is -0.485. The number of halogens is 2. The molecule has 0 aliphatic rings. The van der Waals surface area contributed by atoms with Crippen LogP contribution in [0, 0.1) is 5.82 Å². The van der Waals surface area contributed by atoms with Gasteiger partial charge in [-0.05, 0) is 41.8 Å². The number of nitrogens with zero attached hydrogens (tertiary/aromatic N) is 1. The smallest absolute Gasteiger partial charge is 0.142 e. The maximum Gasteiger partial charge on any atom is 0.142 e. The van der Waals surface area contributed by atoms with Crippen molar-refractivity contribution in [1.82, 2.24) is 4.98 Å². The predicted octanol–water partition coefficient (Wildman–Crippen LogP) is 3.62. The highest BCUT2D eigenvalue weighted by atomic mass is 35.5. The quantitative estimate of drug-likeness (QED) is 0.835. The summed E-state index contributed by atoms with van der Waals surface area (Å²) in [5.74, 6) is -0.403.